The molecule has 0 saturated heterocycles. The number of nitrogens with one attached hydrogen (secondary N) is 1. The van der Waals surface area contributed by atoms with E-state index in [1.165, 1.54) is 11.1 Å². The predicted octanol–water partition coefficient (Wildman–Crippen LogP) is 0.980. The van der Waals surface area contributed by atoms with Gasteiger partial charge in [-0.1, -0.05) is 6.07 Å². The SMILES string of the molecule is Cn1[nH]c(-c2ccc3ncoc3c2)c(CN)c1=O. The average Bonchev–Trinajstić information content (AvgIpc) is 2.94. The van der Waals surface area contributed by atoms with Crippen molar-refractivity contribution < 1.29 is 4.42 Å². The molecule has 6 nitrogen and oxygen atoms in total. The molecule has 3 N–H and O–H groups in total. The monoisotopic (exact) mass is 244 g/mol. The van der Waals surface area contributed by atoms with Crippen molar-refractivity contribution in [1.82, 2.24) is 14.8 Å². The zero-order valence-electron chi connectivity index (χ0n) is 9.80. The molecule has 6 heteroatoms. The number of rotatable bonds is 2. The second kappa shape index (κ2) is 3.85. The van der Waals surface area contributed by atoms with E-state index in [4.69, 9.17) is 10.2 Å². The van der Waals surface area contributed by atoms with Crippen LogP contribution >= 0.6 is 0 Å². The fourth-order valence-corrected chi connectivity index (χ4v) is 2.03. The summed E-state index contributed by atoms with van der Waals surface area (Å²) in [5.74, 6) is 0. The second-order valence-corrected chi connectivity index (χ2v) is 4.07. The highest BCUT2D eigenvalue weighted by Crippen LogP contribution is 2.23. The third-order valence-electron chi connectivity index (χ3n) is 2.97. The van der Waals surface area contributed by atoms with Gasteiger partial charge in [0.2, 0.25) is 0 Å². The predicted molar refractivity (Wildman–Crippen MR) is 66.9 cm³/mol. The van der Waals surface area contributed by atoms with Crippen LogP contribution in [0.5, 0.6) is 0 Å². The van der Waals surface area contributed by atoms with E-state index < -0.39 is 0 Å². The maximum atomic E-state index is 11.8. The number of H-pyrrole nitrogens is 1. The Hall–Kier alpha value is -2.34. The van der Waals surface area contributed by atoms with Crippen LogP contribution in [0.4, 0.5) is 0 Å². The molecule has 0 bridgehead atoms. The minimum absolute atomic E-state index is 0.106. The van der Waals surface area contributed by atoms with E-state index >= 15 is 0 Å². The maximum Gasteiger partial charge on any atom is 0.271 e. The molecule has 3 aromatic rings. The zero-order valence-corrected chi connectivity index (χ0v) is 9.80. The van der Waals surface area contributed by atoms with E-state index in [1.807, 2.05) is 18.2 Å². The summed E-state index contributed by atoms with van der Waals surface area (Å²) >= 11 is 0. The van der Waals surface area contributed by atoms with Crippen LogP contribution in [0, 0.1) is 0 Å². The van der Waals surface area contributed by atoms with Crippen molar-refractivity contribution in [3.8, 4) is 11.3 Å². The molecule has 0 fully saturated rings. The van der Waals surface area contributed by atoms with Gasteiger partial charge in [-0.2, -0.15) is 0 Å². The number of hydrogen-bond acceptors (Lipinski definition) is 4. The molecule has 0 atom stereocenters. The van der Waals surface area contributed by atoms with Crippen molar-refractivity contribution in [2.75, 3.05) is 0 Å². The standard InChI is InChI=1S/C12H12N4O2/c1-16-12(17)8(5-13)11(15-16)7-2-3-9-10(4-7)18-6-14-9/h2-4,6,15H,5,13H2,1H3. The first kappa shape index (κ1) is 10.8. The normalized spacial score (nSPS) is 11.2. The summed E-state index contributed by atoms with van der Waals surface area (Å²) in [6.45, 7) is 0.194. The minimum Gasteiger partial charge on any atom is -0.443 e. The van der Waals surface area contributed by atoms with Gasteiger partial charge in [0.15, 0.2) is 12.0 Å². The number of hydrogen-bond donors (Lipinski definition) is 2. The molecule has 0 spiro atoms. The van der Waals surface area contributed by atoms with Crippen LogP contribution in [-0.2, 0) is 13.6 Å². The third kappa shape index (κ3) is 1.46. The molecular weight excluding hydrogens is 232 g/mol. The van der Waals surface area contributed by atoms with Crippen molar-refractivity contribution in [3.05, 3.63) is 40.5 Å². The molecule has 0 radical (unpaired) electrons. The molecule has 3 rings (SSSR count). The molecule has 0 aliphatic heterocycles. The number of nitrogens with zero attached hydrogens (tertiary/aromatic N) is 2. The Morgan fingerprint density at radius 1 is 1.50 bits per heavy atom. The van der Waals surface area contributed by atoms with Crippen molar-refractivity contribution in [1.29, 1.82) is 0 Å². The van der Waals surface area contributed by atoms with Gasteiger partial charge in [0.25, 0.3) is 5.56 Å². The third-order valence-corrected chi connectivity index (χ3v) is 2.97. The van der Waals surface area contributed by atoms with Crippen molar-refractivity contribution >= 4 is 11.1 Å². The van der Waals surface area contributed by atoms with Crippen LogP contribution in [0.15, 0.2) is 33.8 Å². The first-order valence-corrected chi connectivity index (χ1v) is 5.52. The quantitative estimate of drug-likeness (QED) is 0.703. The highest BCUT2D eigenvalue weighted by molar-refractivity contribution is 5.79. The molecule has 0 aliphatic carbocycles. The van der Waals surface area contributed by atoms with E-state index in [-0.39, 0.29) is 12.1 Å². The Kier molecular flexibility index (Phi) is 2.31. The van der Waals surface area contributed by atoms with Gasteiger partial charge in [0.1, 0.15) is 5.52 Å². The highest BCUT2D eigenvalue weighted by atomic mass is 16.3. The first-order valence-electron chi connectivity index (χ1n) is 5.52. The molecule has 2 heterocycles. The van der Waals surface area contributed by atoms with E-state index in [2.05, 4.69) is 10.1 Å². The van der Waals surface area contributed by atoms with Gasteiger partial charge >= 0.3 is 0 Å². The van der Waals surface area contributed by atoms with Gasteiger partial charge in [-0.25, -0.2) is 4.98 Å². The molecular formula is C12H12N4O2. The Morgan fingerprint density at radius 2 is 2.33 bits per heavy atom. The Morgan fingerprint density at radius 3 is 3.11 bits per heavy atom. The number of nitrogens with two attached hydrogens (primary N) is 1. The molecule has 1 aromatic carbocycles. The van der Waals surface area contributed by atoms with Crippen LogP contribution in [0.3, 0.4) is 0 Å². The lowest BCUT2D eigenvalue weighted by Crippen LogP contribution is -2.17. The van der Waals surface area contributed by atoms with Gasteiger partial charge in [-0.05, 0) is 12.1 Å². The van der Waals surface area contributed by atoms with Gasteiger partial charge in [-0.3, -0.25) is 14.6 Å². The molecule has 2 aromatic heterocycles. The number of aromatic nitrogens is 3. The van der Waals surface area contributed by atoms with Gasteiger partial charge in [0, 0.05) is 19.2 Å². The van der Waals surface area contributed by atoms with Gasteiger partial charge in [-0.15, -0.1) is 0 Å². The van der Waals surface area contributed by atoms with Crippen LogP contribution in [0.2, 0.25) is 0 Å². The summed E-state index contributed by atoms with van der Waals surface area (Å²) in [5.41, 5.74) is 9.13. The number of aryl methyl sites for hydroxylation is 1. The highest BCUT2D eigenvalue weighted by Gasteiger charge is 2.13. The zero-order chi connectivity index (χ0) is 12.7. The summed E-state index contributed by atoms with van der Waals surface area (Å²) in [4.78, 5) is 15.9. The molecule has 0 aliphatic rings. The van der Waals surface area contributed by atoms with Crippen molar-refractivity contribution in [2.24, 2.45) is 12.8 Å². The van der Waals surface area contributed by atoms with Crippen molar-refractivity contribution in [2.45, 2.75) is 6.54 Å². The lowest BCUT2D eigenvalue weighted by Gasteiger charge is -2.00. The smallest absolute Gasteiger partial charge is 0.271 e. The van der Waals surface area contributed by atoms with Crippen LogP contribution in [0.1, 0.15) is 5.56 Å². The molecule has 92 valence electrons. The second-order valence-electron chi connectivity index (χ2n) is 4.07. The number of oxazole rings is 1. The van der Waals surface area contributed by atoms with E-state index in [1.54, 1.807) is 7.05 Å². The van der Waals surface area contributed by atoms with Crippen LogP contribution in [0.25, 0.3) is 22.4 Å². The molecule has 0 amide bonds. The van der Waals surface area contributed by atoms with E-state index in [0.717, 1.165) is 16.8 Å². The van der Waals surface area contributed by atoms with Crippen LogP contribution < -0.4 is 11.3 Å². The number of aromatic amines is 1. The number of benzene rings is 1. The summed E-state index contributed by atoms with van der Waals surface area (Å²) in [6.07, 6.45) is 1.39. The molecule has 18 heavy (non-hydrogen) atoms. The maximum absolute atomic E-state index is 11.8. The molecule has 0 unspecified atom stereocenters. The molecule has 0 saturated carbocycles. The van der Waals surface area contributed by atoms with Gasteiger partial charge in [0.05, 0.1) is 11.3 Å². The van der Waals surface area contributed by atoms with E-state index in [0.29, 0.717) is 11.1 Å². The first-order chi connectivity index (χ1) is 8.70. The van der Waals surface area contributed by atoms with Crippen molar-refractivity contribution in [3.63, 3.8) is 0 Å². The number of fused-ring (bicyclic) bond motifs is 1. The summed E-state index contributed by atoms with van der Waals surface area (Å²) in [6, 6.07) is 5.57. The largest absolute Gasteiger partial charge is 0.443 e. The Balaban J connectivity index is 2.25. The fourth-order valence-electron chi connectivity index (χ4n) is 2.03. The Bertz CT molecular complexity index is 766. The minimum atomic E-state index is -0.106. The summed E-state index contributed by atoms with van der Waals surface area (Å²) < 4.78 is 6.67. The fraction of sp³-hybridized carbons (Fsp3) is 0.167. The van der Waals surface area contributed by atoms with Gasteiger partial charge < -0.3 is 10.2 Å². The lowest BCUT2D eigenvalue weighted by molar-refractivity contribution is 0.602. The summed E-state index contributed by atoms with van der Waals surface area (Å²) in [7, 11) is 1.66. The van der Waals surface area contributed by atoms with E-state index in [9.17, 15) is 4.79 Å². The summed E-state index contributed by atoms with van der Waals surface area (Å²) in [5, 5.41) is 3.00. The van der Waals surface area contributed by atoms with Crippen LogP contribution in [-0.4, -0.2) is 14.8 Å². The lowest BCUT2D eigenvalue weighted by atomic mass is 10.1. The topological polar surface area (TPSA) is 89.8 Å². The Labute approximate surface area is 102 Å². The average molecular weight is 244 g/mol.